The molecule has 1 aromatic carbocycles. The number of rotatable bonds is 5. The molecule has 0 spiro atoms. The number of halogens is 1. The highest BCUT2D eigenvalue weighted by atomic mass is 35.5. The van der Waals surface area contributed by atoms with E-state index in [0.29, 0.717) is 17.0 Å². The van der Waals surface area contributed by atoms with Crippen LogP contribution in [-0.2, 0) is 15.9 Å². The Hall–Kier alpha value is -0.620. The Bertz CT molecular complexity index is 560. The average Bonchev–Trinajstić information content (AvgIpc) is 2.86. The van der Waals surface area contributed by atoms with Gasteiger partial charge in [-0.3, -0.25) is 0 Å². The van der Waals surface area contributed by atoms with Gasteiger partial charge in [0.1, 0.15) is 0 Å². The number of hydrogen-bond acceptors (Lipinski definition) is 3. The minimum Gasteiger partial charge on any atom is -0.308 e. The number of alkyl halides is 1. The predicted octanol–water partition coefficient (Wildman–Crippen LogP) is 2.14. The third-order valence-electron chi connectivity index (χ3n) is 3.60. The van der Waals surface area contributed by atoms with Crippen LogP contribution in [0.2, 0.25) is 0 Å². The molecule has 1 saturated heterocycles. The van der Waals surface area contributed by atoms with E-state index in [1.54, 1.807) is 22.5 Å². The molecule has 0 saturated carbocycles. The van der Waals surface area contributed by atoms with Gasteiger partial charge in [-0.05, 0) is 38.6 Å². The van der Waals surface area contributed by atoms with E-state index in [-0.39, 0.29) is 11.9 Å². The highest BCUT2D eigenvalue weighted by molar-refractivity contribution is 7.89. The maximum atomic E-state index is 12.9. The second kappa shape index (κ2) is 6.43. The zero-order valence-corrected chi connectivity index (χ0v) is 13.5. The van der Waals surface area contributed by atoms with Crippen LogP contribution in [-0.4, -0.2) is 50.8 Å². The first-order valence-corrected chi connectivity index (χ1v) is 8.74. The van der Waals surface area contributed by atoms with E-state index < -0.39 is 10.0 Å². The summed E-state index contributed by atoms with van der Waals surface area (Å²) in [6, 6.07) is 7.05. The molecule has 1 fully saturated rings. The maximum absolute atomic E-state index is 12.9. The van der Waals surface area contributed by atoms with Crippen LogP contribution in [0.5, 0.6) is 0 Å². The number of benzene rings is 1. The van der Waals surface area contributed by atoms with Crippen LogP contribution in [0.3, 0.4) is 0 Å². The van der Waals surface area contributed by atoms with Gasteiger partial charge in [0.2, 0.25) is 10.0 Å². The van der Waals surface area contributed by atoms with E-state index >= 15 is 0 Å². The minimum atomic E-state index is -3.45. The average molecular weight is 317 g/mol. The Labute approximate surface area is 126 Å². The van der Waals surface area contributed by atoms with Crippen LogP contribution in [0, 0.1) is 0 Å². The lowest BCUT2D eigenvalue weighted by atomic mass is 10.2. The van der Waals surface area contributed by atoms with Crippen molar-refractivity contribution in [2.75, 3.05) is 27.2 Å². The molecular weight excluding hydrogens is 296 g/mol. The van der Waals surface area contributed by atoms with Gasteiger partial charge in [-0.1, -0.05) is 18.2 Å². The molecule has 1 aromatic rings. The van der Waals surface area contributed by atoms with E-state index in [0.717, 1.165) is 19.4 Å². The zero-order valence-electron chi connectivity index (χ0n) is 11.9. The molecule has 1 heterocycles. The normalized spacial score (nSPS) is 20.7. The summed E-state index contributed by atoms with van der Waals surface area (Å²) in [5, 5.41) is 0. The summed E-state index contributed by atoms with van der Waals surface area (Å²) in [6.07, 6.45) is 1.83. The van der Waals surface area contributed by atoms with Crippen LogP contribution >= 0.6 is 11.6 Å². The molecule has 0 aromatic heterocycles. The lowest BCUT2D eigenvalue weighted by Gasteiger charge is -2.27. The molecule has 6 heteroatoms. The highest BCUT2D eigenvalue weighted by Crippen LogP contribution is 2.28. The van der Waals surface area contributed by atoms with Crippen LogP contribution < -0.4 is 0 Å². The van der Waals surface area contributed by atoms with Gasteiger partial charge in [0.25, 0.3) is 0 Å². The molecule has 1 aliphatic rings. The Balaban J connectivity index is 2.34. The zero-order chi connectivity index (χ0) is 14.8. The Morgan fingerprint density at radius 1 is 1.35 bits per heavy atom. The fourth-order valence-corrected chi connectivity index (χ4v) is 4.94. The lowest BCUT2D eigenvalue weighted by molar-refractivity contribution is 0.291. The van der Waals surface area contributed by atoms with Crippen molar-refractivity contribution >= 4 is 21.6 Å². The van der Waals surface area contributed by atoms with Crippen molar-refractivity contribution in [1.82, 2.24) is 9.21 Å². The van der Waals surface area contributed by atoms with Gasteiger partial charge in [-0.15, -0.1) is 11.6 Å². The molecule has 0 amide bonds. The number of nitrogens with zero attached hydrogens (tertiary/aromatic N) is 2. The molecule has 0 aliphatic carbocycles. The van der Waals surface area contributed by atoms with Crippen molar-refractivity contribution in [2.24, 2.45) is 0 Å². The van der Waals surface area contributed by atoms with Gasteiger partial charge < -0.3 is 4.90 Å². The second-order valence-corrected chi connectivity index (χ2v) is 7.54. The minimum absolute atomic E-state index is 0.0541. The number of sulfonamides is 1. The van der Waals surface area contributed by atoms with Crippen molar-refractivity contribution in [3.05, 3.63) is 29.8 Å². The van der Waals surface area contributed by atoms with Crippen LogP contribution in [0.15, 0.2) is 29.2 Å². The largest absolute Gasteiger partial charge is 0.308 e. The Kier molecular flexibility index (Phi) is 5.07. The molecule has 20 heavy (non-hydrogen) atoms. The van der Waals surface area contributed by atoms with Crippen molar-refractivity contribution < 1.29 is 8.42 Å². The Morgan fingerprint density at radius 2 is 2.05 bits per heavy atom. The van der Waals surface area contributed by atoms with Crippen molar-refractivity contribution in [3.63, 3.8) is 0 Å². The fourth-order valence-electron chi connectivity index (χ4n) is 2.72. The number of likely N-dealkylation sites (N-methyl/N-ethyl adjacent to an activating group) is 1. The molecule has 4 nitrogen and oxygen atoms in total. The monoisotopic (exact) mass is 316 g/mol. The molecule has 1 atom stereocenters. The molecular formula is C14H21ClN2O2S. The lowest BCUT2D eigenvalue weighted by Crippen LogP contribution is -2.41. The topological polar surface area (TPSA) is 40.6 Å². The third-order valence-corrected chi connectivity index (χ3v) is 5.94. The number of hydrogen-bond donors (Lipinski definition) is 0. The molecule has 0 bridgehead atoms. The van der Waals surface area contributed by atoms with Crippen LogP contribution in [0.4, 0.5) is 0 Å². The summed E-state index contributed by atoms with van der Waals surface area (Å²) < 4.78 is 27.3. The van der Waals surface area contributed by atoms with Crippen LogP contribution in [0.1, 0.15) is 18.4 Å². The predicted molar refractivity (Wildman–Crippen MR) is 81.5 cm³/mol. The highest BCUT2D eigenvalue weighted by Gasteiger charge is 2.36. The molecule has 0 N–H and O–H groups in total. The van der Waals surface area contributed by atoms with Gasteiger partial charge in [0, 0.05) is 25.0 Å². The van der Waals surface area contributed by atoms with Crippen molar-refractivity contribution in [2.45, 2.75) is 29.7 Å². The van der Waals surface area contributed by atoms with Gasteiger partial charge in [-0.25, -0.2) is 8.42 Å². The van der Waals surface area contributed by atoms with E-state index in [1.807, 2.05) is 25.1 Å². The maximum Gasteiger partial charge on any atom is 0.243 e. The van der Waals surface area contributed by atoms with Gasteiger partial charge >= 0.3 is 0 Å². The molecule has 112 valence electrons. The first kappa shape index (κ1) is 15.8. The van der Waals surface area contributed by atoms with E-state index in [4.69, 9.17) is 11.6 Å². The molecule has 1 aliphatic heterocycles. The smallest absolute Gasteiger partial charge is 0.243 e. The first-order chi connectivity index (χ1) is 9.46. The van der Waals surface area contributed by atoms with Gasteiger partial charge in [0.15, 0.2) is 0 Å². The quantitative estimate of drug-likeness (QED) is 0.781. The van der Waals surface area contributed by atoms with E-state index in [9.17, 15) is 8.42 Å². The third kappa shape index (κ3) is 3.17. The van der Waals surface area contributed by atoms with Gasteiger partial charge in [0.05, 0.1) is 4.90 Å². The summed E-state index contributed by atoms with van der Waals surface area (Å²) in [5.41, 5.74) is 0.671. The van der Waals surface area contributed by atoms with Crippen molar-refractivity contribution in [1.29, 1.82) is 0 Å². The molecule has 1 unspecified atom stereocenters. The molecule has 0 radical (unpaired) electrons. The van der Waals surface area contributed by atoms with Crippen molar-refractivity contribution in [3.8, 4) is 0 Å². The van der Waals surface area contributed by atoms with E-state index in [2.05, 4.69) is 0 Å². The summed E-state index contributed by atoms with van der Waals surface area (Å²) >= 11 is 5.87. The fraction of sp³-hybridized carbons (Fsp3) is 0.571. The summed E-state index contributed by atoms with van der Waals surface area (Å²) in [7, 11) is 0.482. The Morgan fingerprint density at radius 3 is 2.70 bits per heavy atom. The first-order valence-electron chi connectivity index (χ1n) is 6.77. The van der Waals surface area contributed by atoms with Crippen LogP contribution in [0.25, 0.3) is 0 Å². The molecule has 2 rings (SSSR count). The summed E-state index contributed by atoms with van der Waals surface area (Å²) in [5.74, 6) is 0.210. The SMILES string of the molecule is CN(C)CC1CCCN1S(=O)(=O)c1ccccc1CCl. The van der Waals surface area contributed by atoms with Gasteiger partial charge in [-0.2, -0.15) is 4.31 Å². The summed E-state index contributed by atoms with van der Waals surface area (Å²) in [4.78, 5) is 2.38. The summed E-state index contributed by atoms with van der Waals surface area (Å²) in [6.45, 7) is 1.35. The second-order valence-electron chi connectivity index (χ2n) is 5.42. The standard InChI is InChI=1S/C14H21ClN2O2S/c1-16(2)11-13-7-5-9-17(13)20(18,19)14-8-4-3-6-12(14)10-15/h3-4,6,8,13H,5,7,9-11H2,1-2H3. The van der Waals surface area contributed by atoms with E-state index in [1.165, 1.54) is 0 Å².